The number of likely N-dealkylation sites (tertiary alicyclic amines) is 1. The van der Waals surface area contributed by atoms with Crippen LogP contribution >= 0.6 is 0 Å². The van der Waals surface area contributed by atoms with Crippen LogP contribution in [0.3, 0.4) is 0 Å². The predicted molar refractivity (Wildman–Crippen MR) is 116 cm³/mol. The summed E-state index contributed by atoms with van der Waals surface area (Å²) in [7, 11) is 1.30. The molecule has 0 atom stereocenters. The first kappa shape index (κ1) is 22.1. The normalized spacial score (nSPS) is 13.5. The molecule has 0 bridgehead atoms. The number of para-hydroxylation sites is 1. The molecular formula is C22H26N4O5. The Morgan fingerprint density at radius 1 is 1.13 bits per heavy atom. The van der Waals surface area contributed by atoms with Crippen LogP contribution in [0.1, 0.15) is 44.9 Å². The van der Waals surface area contributed by atoms with Gasteiger partial charge >= 0.3 is 12.0 Å². The van der Waals surface area contributed by atoms with Gasteiger partial charge in [0.1, 0.15) is 0 Å². The smallest absolute Gasteiger partial charge is 0.339 e. The van der Waals surface area contributed by atoms with Crippen LogP contribution in [-0.4, -0.2) is 60.2 Å². The molecule has 1 aromatic heterocycles. The zero-order valence-corrected chi connectivity index (χ0v) is 17.9. The number of Topliss-reactive ketones (excluding diaryl/α,β-unsaturated/α-hetero) is 1. The van der Waals surface area contributed by atoms with Crippen LogP contribution in [0.25, 0.3) is 0 Å². The van der Waals surface area contributed by atoms with Gasteiger partial charge in [-0.25, -0.2) is 9.59 Å². The number of H-pyrrole nitrogens is 1. The molecule has 3 rings (SSSR count). The van der Waals surface area contributed by atoms with Crippen LogP contribution in [0.5, 0.6) is 0 Å². The molecule has 164 valence electrons. The maximum atomic E-state index is 12.5. The number of piperidine rings is 1. The maximum absolute atomic E-state index is 12.5. The molecule has 2 aromatic rings. The van der Waals surface area contributed by atoms with Gasteiger partial charge in [0.25, 0.3) is 0 Å². The third-order valence-electron chi connectivity index (χ3n) is 5.15. The van der Waals surface area contributed by atoms with Crippen molar-refractivity contribution in [2.75, 3.05) is 32.1 Å². The van der Waals surface area contributed by atoms with E-state index in [9.17, 15) is 14.4 Å². The largest absolute Gasteiger partial charge is 0.465 e. The summed E-state index contributed by atoms with van der Waals surface area (Å²) in [6.07, 6.45) is 1.15. The van der Waals surface area contributed by atoms with E-state index in [0.717, 1.165) is 11.4 Å². The first-order valence-electron chi connectivity index (χ1n) is 10.00. The van der Waals surface area contributed by atoms with Crippen LogP contribution in [0.15, 0.2) is 35.5 Å². The number of aryl methyl sites for hydroxylation is 1. The molecule has 1 fully saturated rings. The number of anilines is 1. The minimum Gasteiger partial charge on any atom is -0.465 e. The topological polar surface area (TPSA) is 113 Å². The fourth-order valence-corrected chi connectivity index (χ4v) is 3.47. The third kappa shape index (κ3) is 5.30. The predicted octanol–water partition coefficient (Wildman–Crippen LogP) is 3.30. The van der Waals surface area contributed by atoms with Crippen molar-refractivity contribution in [3.63, 3.8) is 0 Å². The number of methoxy groups -OCH3 is 1. The van der Waals surface area contributed by atoms with Gasteiger partial charge in [0.2, 0.25) is 5.78 Å². The summed E-state index contributed by atoms with van der Waals surface area (Å²) in [4.78, 5) is 46.5. The number of esters is 1. The minimum absolute atomic E-state index is 0.152. The number of aromatic nitrogens is 1. The van der Waals surface area contributed by atoms with Gasteiger partial charge in [0.05, 0.1) is 24.1 Å². The SMILES string of the molecule is COC(=O)c1c(C)[nH]c(C(=O)CON=C2CCN(C(=O)Nc3ccccc3)CC2)c1C. The standard InChI is InChI=1S/C22H26N4O5/c1-14-19(21(28)30-3)15(2)23-20(14)18(27)13-31-25-17-9-11-26(12-10-17)22(29)24-16-7-5-4-6-8-16/h4-8,23H,9-13H2,1-3H3,(H,24,29). The number of ether oxygens (including phenoxy) is 1. The number of nitrogens with zero attached hydrogens (tertiary/aromatic N) is 2. The molecule has 0 unspecified atom stereocenters. The molecule has 0 aliphatic carbocycles. The number of carbonyl (C=O) groups is 3. The van der Waals surface area contributed by atoms with Crippen molar-refractivity contribution in [3.8, 4) is 0 Å². The fraction of sp³-hybridized carbons (Fsp3) is 0.364. The molecule has 0 spiro atoms. The van der Waals surface area contributed by atoms with Gasteiger partial charge in [0.15, 0.2) is 6.61 Å². The second-order valence-corrected chi connectivity index (χ2v) is 7.25. The van der Waals surface area contributed by atoms with E-state index in [4.69, 9.17) is 9.57 Å². The summed E-state index contributed by atoms with van der Waals surface area (Å²) in [5.74, 6) is -0.797. The van der Waals surface area contributed by atoms with Gasteiger partial charge in [-0.1, -0.05) is 23.4 Å². The second kappa shape index (κ2) is 9.92. The lowest BCUT2D eigenvalue weighted by atomic mass is 10.1. The number of oxime groups is 1. The molecule has 1 saturated heterocycles. The summed E-state index contributed by atoms with van der Waals surface area (Å²) >= 11 is 0. The summed E-state index contributed by atoms with van der Waals surface area (Å²) in [6, 6.07) is 9.13. The number of ketones is 1. The average Bonchev–Trinajstić information content (AvgIpc) is 3.08. The molecule has 0 saturated carbocycles. The Bertz CT molecular complexity index is 987. The summed E-state index contributed by atoms with van der Waals surface area (Å²) in [5, 5.41) is 6.93. The van der Waals surface area contributed by atoms with Gasteiger partial charge in [-0.05, 0) is 31.5 Å². The van der Waals surface area contributed by atoms with Gasteiger partial charge < -0.3 is 24.8 Å². The van der Waals surface area contributed by atoms with Crippen molar-refractivity contribution in [1.29, 1.82) is 0 Å². The minimum atomic E-state index is -0.491. The van der Waals surface area contributed by atoms with E-state index in [-0.39, 0.29) is 18.4 Å². The van der Waals surface area contributed by atoms with Crippen LogP contribution in [0.2, 0.25) is 0 Å². The van der Waals surface area contributed by atoms with E-state index in [1.165, 1.54) is 7.11 Å². The first-order valence-corrected chi connectivity index (χ1v) is 10.00. The van der Waals surface area contributed by atoms with Crippen LogP contribution in [0, 0.1) is 13.8 Å². The average molecular weight is 426 g/mol. The van der Waals surface area contributed by atoms with Gasteiger partial charge in [0, 0.05) is 37.3 Å². The van der Waals surface area contributed by atoms with Crippen molar-refractivity contribution >= 4 is 29.2 Å². The van der Waals surface area contributed by atoms with Crippen molar-refractivity contribution in [2.24, 2.45) is 5.16 Å². The molecule has 1 aromatic carbocycles. The Kier molecular flexibility index (Phi) is 7.07. The number of aromatic amines is 1. The molecule has 9 heteroatoms. The number of nitrogens with one attached hydrogen (secondary N) is 2. The highest BCUT2D eigenvalue weighted by molar-refractivity contribution is 6.02. The Morgan fingerprint density at radius 2 is 1.81 bits per heavy atom. The van der Waals surface area contributed by atoms with Crippen molar-refractivity contribution in [2.45, 2.75) is 26.7 Å². The summed E-state index contributed by atoms with van der Waals surface area (Å²) in [5.41, 5.74) is 3.32. The second-order valence-electron chi connectivity index (χ2n) is 7.25. The lowest BCUT2D eigenvalue weighted by Gasteiger charge is -2.27. The monoisotopic (exact) mass is 426 g/mol. The molecule has 1 aliphatic heterocycles. The van der Waals surface area contributed by atoms with E-state index >= 15 is 0 Å². The first-order chi connectivity index (χ1) is 14.9. The van der Waals surface area contributed by atoms with Gasteiger partial charge in [-0.3, -0.25) is 4.79 Å². The molecule has 2 N–H and O–H groups in total. The lowest BCUT2D eigenvalue weighted by Crippen LogP contribution is -2.41. The quantitative estimate of drug-likeness (QED) is 0.418. The molecule has 2 amide bonds. The number of benzene rings is 1. The van der Waals surface area contributed by atoms with Gasteiger partial charge in [-0.2, -0.15) is 0 Å². The Hall–Kier alpha value is -3.62. The van der Waals surface area contributed by atoms with E-state index in [1.54, 1.807) is 18.7 Å². The van der Waals surface area contributed by atoms with E-state index < -0.39 is 5.97 Å². The molecule has 9 nitrogen and oxygen atoms in total. The van der Waals surface area contributed by atoms with E-state index in [1.807, 2.05) is 30.3 Å². The maximum Gasteiger partial charge on any atom is 0.339 e. The number of amides is 2. The van der Waals surface area contributed by atoms with Crippen LogP contribution in [-0.2, 0) is 9.57 Å². The number of carbonyl (C=O) groups excluding carboxylic acids is 3. The molecule has 31 heavy (non-hydrogen) atoms. The van der Waals surface area contributed by atoms with Crippen LogP contribution in [0.4, 0.5) is 10.5 Å². The molecule has 0 radical (unpaired) electrons. The zero-order valence-electron chi connectivity index (χ0n) is 17.9. The lowest BCUT2D eigenvalue weighted by molar-refractivity contribution is 0.0599. The molecule has 2 heterocycles. The number of rotatable bonds is 6. The highest BCUT2D eigenvalue weighted by Gasteiger charge is 2.23. The Morgan fingerprint density at radius 3 is 2.45 bits per heavy atom. The third-order valence-corrected chi connectivity index (χ3v) is 5.15. The van der Waals surface area contributed by atoms with Crippen molar-refractivity contribution < 1.29 is 24.0 Å². The van der Waals surface area contributed by atoms with Crippen molar-refractivity contribution in [3.05, 3.63) is 52.8 Å². The zero-order chi connectivity index (χ0) is 22.4. The summed E-state index contributed by atoms with van der Waals surface area (Å²) in [6.45, 7) is 4.19. The van der Waals surface area contributed by atoms with E-state index in [2.05, 4.69) is 15.5 Å². The molecule has 1 aliphatic rings. The Labute approximate surface area is 180 Å². The van der Waals surface area contributed by atoms with Crippen molar-refractivity contribution in [1.82, 2.24) is 9.88 Å². The number of hydrogen-bond acceptors (Lipinski definition) is 6. The fourth-order valence-electron chi connectivity index (χ4n) is 3.47. The number of urea groups is 1. The highest BCUT2D eigenvalue weighted by Crippen LogP contribution is 2.19. The summed E-state index contributed by atoms with van der Waals surface area (Å²) < 4.78 is 4.75. The van der Waals surface area contributed by atoms with E-state index in [0.29, 0.717) is 48.4 Å². The van der Waals surface area contributed by atoms with Gasteiger partial charge in [-0.15, -0.1) is 0 Å². The van der Waals surface area contributed by atoms with Crippen LogP contribution < -0.4 is 5.32 Å². The Balaban J connectivity index is 1.49. The molecular weight excluding hydrogens is 400 g/mol. The highest BCUT2D eigenvalue weighted by atomic mass is 16.6. The number of hydrogen-bond donors (Lipinski definition) is 2.